The number of benzene rings is 2. The summed E-state index contributed by atoms with van der Waals surface area (Å²) in [5.74, 6) is 1.33. The van der Waals surface area contributed by atoms with E-state index in [1.165, 1.54) is 5.56 Å². The number of unbranched alkanes of at least 4 members (excludes halogenated alkanes) is 1. The highest BCUT2D eigenvalue weighted by Crippen LogP contribution is 2.26. The number of carbonyl (C=O) groups excluding carboxylic acids is 1. The summed E-state index contributed by atoms with van der Waals surface area (Å²) >= 11 is 6.15. The molecule has 1 fully saturated rings. The van der Waals surface area contributed by atoms with E-state index < -0.39 is 10.0 Å². The number of carbonyl (C=O) groups is 1. The summed E-state index contributed by atoms with van der Waals surface area (Å²) in [6.07, 6.45) is 6.61. The smallest absolute Gasteiger partial charge is 0.322 e. The van der Waals surface area contributed by atoms with Crippen molar-refractivity contribution in [2.45, 2.75) is 45.2 Å². The van der Waals surface area contributed by atoms with E-state index >= 15 is 0 Å². The molecule has 10 nitrogen and oxygen atoms in total. The van der Waals surface area contributed by atoms with Crippen LogP contribution in [0.4, 0.5) is 16.2 Å². The zero-order valence-electron chi connectivity index (χ0n) is 24.0. The van der Waals surface area contributed by atoms with Crippen molar-refractivity contribution < 1.29 is 17.9 Å². The monoisotopic (exact) mass is 660 g/mol. The molecule has 232 valence electrons. The highest BCUT2D eigenvalue weighted by Gasteiger charge is 2.28. The number of amides is 2. The second-order valence-electron chi connectivity index (χ2n) is 10.1. The molecule has 1 aromatic heterocycles. The first-order valence-electron chi connectivity index (χ1n) is 13.4. The van der Waals surface area contributed by atoms with Crippen LogP contribution in [-0.2, 0) is 23.6 Å². The van der Waals surface area contributed by atoms with Gasteiger partial charge in [0.15, 0.2) is 5.15 Å². The molecule has 2 aromatic carbocycles. The van der Waals surface area contributed by atoms with Crippen molar-refractivity contribution >= 4 is 63.8 Å². The second-order valence-corrected chi connectivity index (χ2v) is 12.2. The Labute approximate surface area is 265 Å². The molecule has 0 aliphatic carbocycles. The van der Waals surface area contributed by atoms with E-state index in [1.54, 1.807) is 42.2 Å². The number of sulfonamides is 1. The molecule has 1 saturated heterocycles. The Morgan fingerprint density at radius 2 is 1.67 bits per heavy atom. The summed E-state index contributed by atoms with van der Waals surface area (Å²) < 4.78 is 32.7. The van der Waals surface area contributed by atoms with Crippen molar-refractivity contribution in [3.05, 3.63) is 65.4 Å². The normalized spacial score (nSPS) is 13.9. The maximum atomic E-state index is 13.2. The lowest BCUT2D eigenvalue weighted by Gasteiger charge is -2.38. The van der Waals surface area contributed by atoms with E-state index in [1.807, 2.05) is 17.0 Å². The number of nitrogens with one attached hydrogen (secondary N) is 2. The van der Waals surface area contributed by atoms with E-state index in [9.17, 15) is 13.2 Å². The predicted molar refractivity (Wildman–Crippen MR) is 173 cm³/mol. The van der Waals surface area contributed by atoms with Crippen LogP contribution < -0.4 is 14.8 Å². The number of ether oxygens (including phenoxy) is 1. The molecule has 42 heavy (non-hydrogen) atoms. The van der Waals surface area contributed by atoms with Crippen molar-refractivity contribution in [2.24, 2.45) is 7.05 Å². The minimum atomic E-state index is -3.32. The second kappa shape index (κ2) is 16.2. The maximum Gasteiger partial charge on any atom is 0.322 e. The molecule has 2 amide bonds. The van der Waals surface area contributed by atoms with Crippen LogP contribution in [0.1, 0.15) is 38.2 Å². The summed E-state index contributed by atoms with van der Waals surface area (Å²) in [6, 6.07) is 14.8. The SMILES string of the molecule is CCCCN(C(=O)Nc1cn(C)nc1Cl)C1CCN(Cc2ccc(Oc3ccc(NS(C)(=O)=O)cc3)cc2)CC1.Cl.Cl. The summed E-state index contributed by atoms with van der Waals surface area (Å²) in [7, 11) is -1.54. The molecule has 0 unspecified atom stereocenters. The Morgan fingerprint density at radius 1 is 1.07 bits per heavy atom. The lowest BCUT2D eigenvalue weighted by molar-refractivity contribution is 0.122. The van der Waals surface area contributed by atoms with Crippen LogP contribution in [0.25, 0.3) is 0 Å². The van der Waals surface area contributed by atoms with Gasteiger partial charge in [-0.05, 0) is 61.2 Å². The standard InChI is InChI=1S/C28H37ClN6O4S.2ClH/c1-4-5-16-35(28(36)30-26-20-33(2)31-27(26)29)23-14-17-34(18-15-23)19-21-6-10-24(11-7-21)39-25-12-8-22(9-13-25)32-40(3,37)38;;/h6-13,20,23,32H,4-5,14-19H2,1-3H3,(H,30,36);2*1H. The third-order valence-electron chi connectivity index (χ3n) is 6.76. The van der Waals surface area contributed by atoms with Gasteiger partial charge in [0.1, 0.15) is 17.2 Å². The van der Waals surface area contributed by atoms with Gasteiger partial charge >= 0.3 is 6.03 Å². The third kappa shape index (κ3) is 10.5. The third-order valence-corrected chi connectivity index (χ3v) is 7.65. The number of likely N-dealkylation sites (tertiary alicyclic amines) is 1. The van der Waals surface area contributed by atoms with Gasteiger partial charge in [-0.1, -0.05) is 37.1 Å². The van der Waals surface area contributed by atoms with E-state index in [4.69, 9.17) is 16.3 Å². The zero-order valence-corrected chi connectivity index (χ0v) is 27.2. The van der Waals surface area contributed by atoms with Gasteiger partial charge in [0.2, 0.25) is 10.0 Å². The first-order chi connectivity index (χ1) is 19.1. The number of rotatable bonds is 11. The minimum absolute atomic E-state index is 0. The van der Waals surface area contributed by atoms with Gasteiger partial charge in [-0.2, -0.15) is 5.10 Å². The summed E-state index contributed by atoms with van der Waals surface area (Å²) in [5.41, 5.74) is 2.20. The van der Waals surface area contributed by atoms with Crippen LogP contribution in [0.2, 0.25) is 5.15 Å². The molecule has 0 bridgehead atoms. The number of aromatic nitrogens is 2. The van der Waals surface area contributed by atoms with E-state index in [2.05, 4.69) is 39.1 Å². The molecule has 2 heterocycles. The van der Waals surface area contributed by atoms with E-state index in [0.717, 1.165) is 51.6 Å². The number of piperidine rings is 1. The molecule has 2 N–H and O–H groups in total. The number of halogens is 3. The average molecular weight is 662 g/mol. The molecule has 1 aliphatic rings. The lowest BCUT2D eigenvalue weighted by atomic mass is 10.0. The molecule has 3 aromatic rings. The Morgan fingerprint density at radius 3 is 2.19 bits per heavy atom. The van der Waals surface area contributed by atoms with Gasteiger partial charge in [-0.3, -0.25) is 14.3 Å². The van der Waals surface area contributed by atoms with Gasteiger partial charge in [0, 0.05) is 51.2 Å². The van der Waals surface area contributed by atoms with E-state index in [-0.39, 0.29) is 42.0 Å². The minimum Gasteiger partial charge on any atom is -0.457 e. The van der Waals surface area contributed by atoms with Crippen LogP contribution in [0.5, 0.6) is 11.5 Å². The van der Waals surface area contributed by atoms with Crippen molar-refractivity contribution in [2.75, 3.05) is 35.9 Å². The highest BCUT2D eigenvalue weighted by atomic mass is 35.5. The molecule has 14 heteroatoms. The van der Waals surface area contributed by atoms with Crippen LogP contribution >= 0.6 is 36.4 Å². The van der Waals surface area contributed by atoms with Crippen LogP contribution in [0.15, 0.2) is 54.7 Å². The molecule has 1 aliphatic heterocycles. The fourth-order valence-electron chi connectivity index (χ4n) is 4.76. The average Bonchev–Trinajstić information content (AvgIpc) is 3.22. The number of hydrogen-bond acceptors (Lipinski definition) is 6. The summed E-state index contributed by atoms with van der Waals surface area (Å²) in [5, 5.41) is 7.33. The lowest BCUT2D eigenvalue weighted by Crippen LogP contribution is -2.49. The molecule has 0 atom stereocenters. The fourth-order valence-corrected chi connectivity index (χ4v) is 5.54. The quantitative estimate of drug-likeness (QED) is 0.247. The highest BCUT2D eigenvalue weighted by molar-refractivity contribution is 7.92. The molecular weight excluding hydrogens is 623 g/mol. The van der Waals surface area contributed by atoms with Gasteiger partial charge in [-0.15, -0.1) is 24.8 Å². The number of aryl methyl sites for hydroxylation is 1. The Kier molecular flexibility index (Phi) is 13.7. The Hall–Kier alpha value is -2.70. The molecular formula is C28H39Cl3N6O4S. The van der Waals surface area contributed by atoms with Crippen molar-refractivity contribution in [1.82, 2.24) is 19.6 Å². The topological polar surface area (TPSA) is 109 Å². The van der Waals surface area contributed by atoms with Gasteiger partial charge in [0.05, 0.1) is 6.26 Å². The summed E-state index contributed by atoms with van der Waals surface area (Å²) in [6.45, 7) is 5.47. The van der Waals surface area contributed by atoms with Crippen molar-refractivity contribution in [3.8, 4) is 11.5 Å². The first kappa shape index (κ1) is 35.5. The maximum absolute atomic E-state index is 13.2. The Bertz CT molecular complexity index is 1380. The summed E-state index contributed by atoms with van der Waals surface area (Å²) in [4.78, 5) is 17.5. The van der Waals surface area contributed by atoms with Crippen LogP contribution in [0.3, 0.4) is 0 Å². The number of anilines is 2. The number of hydrogen-bond donors (Lipinski definition) is 2. The van der Waals surface area contributed by atoms with Gasteiger partial charge < -0.3 is 15.0 Å². The Balaban J connectivity index is 0.00000308. The van der Waals surface area contributed by atoms with Crippen molar-refractivity contribution in [1.29, 1.82) is 0 Å². The van der Waals surface area contributed by atoms with Crippen LogP contribution in [-0.4, -0.2) is 66.0 Å². The van der Waals surface area contributed by atoms with Gasteiger partial charge in [-0.25, -0.2) is 13.2 Å². The predicted octanol–water partition coefficient (Wildman–Crippen LogP) is 6.38. The molecule has 0 radical (unpaired) electrons. The molecule has 4 rings (SSSR count). The first-order valence-corrected chi connectivity index (χ1v) is 15.7. The number of urea groups is 1. The molecule has 0 spiro atoms. The zero-order chi connectivity index (χ0) is 28.7. The number of nitrogens with zero attached hydrogens (tertiary/aromatic N) is 4. The molecule has 0 saturated carbocycles. The fraction of sp³-hybridized carbons (Fsp3) is 0.429. The van der Waals surface area contributed by atoms with Gasteiger partial charge in [0.25, 0.3) is 0 Å². The van der Waals surface area contributed by atoms with Crippen molar-refractivity contribution in [3.63, 3.8) is 0 Å². The van der Waals surface area contributed by atoms with Crippen LogP contribution in [0, 0.1) is 0 Å². The largest absolute Gasteiger partial charge is 0.457 e. The van der Waals surface area contributed by atoms with E-state index in [0.29, 0.717) is 29.4 Å².